The largest absolute Gasteiger partial charge is 0.356 e. The zero-order valence-electron chi connectivity index (χ0n) is 18.7. The molecule has 0 aliphatic carbocycles. The molecule has 1 aromatic heterocycles. The lowest BCUT2D eigenvalue weighted by Gasteiger charge is -2.20. The predicted octanol–water partition coefficient (Wildman–Crippen LogP) is 3.47. The Morgan fingerprint density at radius 1 is 1.19 bits per heavy atom. The van der Waals surface area contributed by atoms with Gasteiger partial charge in [0.15, 0.2) is 5.96 Å². The van der Waals surface area contributed by atoms with Gasteiger partial charge < -0.3 is 15.5 Å². The van der Waals surface area contributed by atoms with Crippen LogP contribution in [0.5, 0.6) is 0 Å². The zero-order chi connectivity index (χ0) is 22.3. The van der Waals surface area contributed by atoms with Gasteiger partial charge in [0.1, 0.15) is 0 Å². The average Bonchev–Trinajstić information content (AvgIpc) is 3.51. The van der Waals surface area contributed by atoms with Crippen molar-refractivity contribution in [2.45, 2.75) is 32.2 Å². The quantitative estimate of drug-likeness (QED) is 0.342. The fraction of sp³-hybridized carbons (Fsp3) is 0.320. The van der Waals surface area contributed by atoms with Crippen LogP contribution in [0.2, 0.25) is 0 Å². The van der Waals surface area contributed by atoms with Crippen LogP contribution in [0.25, 0.3) is 5.69 Å². The van der Waals surface area contributed by atoms with E-state index in [0.29, 0.717) is 13.0 Å². The van der Waals surface area contributed by atoms with Crippen LogP contribution in [0.3, 0.4) is 0 Å². The summed E-state index contributed by atoms with van der Waals surface area (Å²) in [5, 5.41) is 11.1. The van der Waals surface area contributed by atoms with E-state index >= 15 is 0 Å². The number of guanidine groups is 1. The van der Waals surface area contributed by atoms with Crippen LogP contribution >= 0.6 is 0 Å². The number of anilines is 1. The average molecular weight is 431 g/mol. The highest BCUT2D eigenvalue weighted by Crippen LogP contribution is 2.28. The molecule has 2 N–H and O–H groups in total. The number of fused-ring (bicyclic) bond motifs is 1. The Kier molecular flexibility index (Phi) is 6.84. The van der Waals surface area contributed by atoms with Crippen molar-refractivity contribution in [3.63, 3.8) is 0 Å². The fourth-order valence-electron chi connectivity index (χ4n) is 4.02. The first-order valence-electron chi connectivity index (χ1n) is 11.1. The van der Waals surface area contributed by atoms with Crippen LogP contribution in [0, 0.1) is 0 Å². The highest BCUT2D eigenvalue weighted by atomic mass is 16.2. The van der Waals surface area contributed by atoms with Crippen molar-refractivity contribution in [3.05, 3.63) is 78.1 Å². The number of nitrogens with zero attached hydrogens (tertiary/aromatic N) is 4. The number of aromatic nitrogens is 2. The van der Waals surface area contributed by atoms with Gasteiger partial charge in [0.05, 0.1) is 11.7 Å². The molecule has 4 rings (SSSR count). The van der Waals surface area contributed by atoms with Crippen molar-refractivity contribution < 1.29 is 4.79 Å². The van der Waals surface area contributed by atoms with E-state index < -0.39 is 0 Å². The number of benzene rings is 2. The maximum absolute atomic E-state index is 12.7. The maximum Gasteiger partial charge on any atom is 0.227 e. The second-order valence-corrected chi connectivity index (χ2v) is 7.94. The predicted molar refractivity (Wildman–Crippen MR) is 128 cm³/mol. The summed E-state index contributed by atoms with van der Waals surface area (Å²) in [6.45, 7) is 3.56. The molecule has 1 amide bonds. The lowest BCUT2D eigenvalue weighted by atomic mass is 10.1. The van der Waals surface area contributed by atoms with Gasteiger partial charge in [-0.15, -0.1) is 0 Å². The molecule has 3 aromatic rings. The number of carbonyl (C=O) groups is 1. The highest BCUT2D eigenvalue weighted by molar-refractivity contribution is 5.95. The Labute approximate surface area is 189 Å². The standard InChI is InChI=1S/C25H30N6O/c1-19(21-9-5-10-22(18-21)31-16-7-15-28-31)29-25(26-2)27-14-6-12-24(32)30-17-13-20-8-3-4-11-23(20)30/h3-5,7-11,15-16,18-19H,6,12-14,17H2,1-2H3,(H2,26,27,29). The molecule has 0 fully saturated rings. The van der Waals surface area contributed by atoms with Crippen molar-refractivity contribution >= 4 is 17.6 Å². The van der Waals surface area contributed by atoms with Crippen molar-refractivity contribution in [2.24, 2.45) is 4.99 Å². The van der Waals surface area contributed by atoms with Gasteiger partial charge in [0.25, 0.3) is 0 Å². The van der Waals surface area contributed by atoms with Gasteiger partial charge in [-0.05, 0) is 55.2 Å². The molecule has 32 heavy (non-hydrogen) atoms. The molecule has 0 spiro atoms. The highest BCUT2D eigenvalue weighted by Gasteiger charge is 2.23. The topological polar surface area (TPSA) is 74.6 Å². The van der Waals surface area contributed by atoms with E-state index in [-0.39, 0.29) is 11.9 Å². The third kappa shape index (κ3) is 4.99. The van der Waals surface area contributed by atoms with Gasteiger partial charge in [-0.1, -0.05) is 30.3 Å². The van der Waals surface area contributed by atoms with E-state index in [1.807, 2.05) is 52.2 Å². The summed E-state index contributed by atoms with van der Waals surface area (Å²) in [6, 6.07) is 18.4. The van der Waals surface area contributed by atoms with E-state index in [9.17, 15) is 4.79 Å². The summed E-state index contributed by atoms with van der Waals surface area (Å²) in [6.07, 6.45) is 5.91. The normalized spacial score (nSPS) is 14.2. The van der Waals surface area contributed by atoms with Crippen LogP contribution in [-0.2, 0) is 11.2 Å². The Balaban J connectivity index is 1.25. The molecule has 0 saturated heterocycles. The Hall–Kier alpha value is -3.61. The minimum atomic E-state index is 0.0689. The van der Waals surface area contributed by atoms with Crippen LogP contribution < -0.4 is 15.5 Å². The summed E-state index contributed by atoms with van der Waals surface area (Å²) in [4.78, 5) is 18.9. The number of amides is 1. The second kappa shape index (κ2) is 10.1. The van der Waals surface area contributed by atoms with Crippen LogP contribution in [-0.4, -0.2) is 41.8 Å². The Morgan fingerprint density at radius 3 is 2.88 bits per heavy atom. The van der Waals surface area contributed by atoms with E-state index in [0.717, 1.165) is 42.3 Å². The third-order valence-electron chi connectivity index (χ3n) is 5.76. The first-order chi connectivity index (χ1) is 15.7. The molecule has 0 radical (unpaired) electrons. The van der Waals surface area contributed by atoms with E-state index in [2.05, 4.69) is 45.8 Å². The zero-order valence-corrected chi connectivity index (χ0v) is 18.7. The molecule has 0 saturated carbocycles. The number of hydrogen-bond acceptors (Lipinski definition) is 3. The number of carbonyl (C=O) groups excluding carboxylic acids is 1. The number of rotatable bonds is 7. The van der Waals surface area contributed by atoms with E-state index in [1.54, 1.807) is 13.2 Å². The lowest BCUT2D eigenvalue weighted by Crippen LogP contribution is -2.39. The van der Waals surface area contributed by atoms with Crippen LogP contribution in [0.1, 0.15) is 36.9 Å². The SMILES string of the molecule is CN=C(NCCCC(=O)N1CCc2ccccc21)NC(C)c1cccc(-n2cccn2)c1. The molecule has 7 heteroatoms. The van der Waals surface area contributed by atoms with Crippen molar-refractivity contribution in [1.29, 1.82) is 0 Å². The van der Waals surface area contributed by atoms with Gasteiger partial charge in [-0.2, -0.15) is 5.10 Å². The summed E-state index contributed by atoms with van der Waals surface area (Å²) < 4.78 is 1.85. The van der Waals surface area contributed by atoms with Gasteiger partial charge in [-0.3, -0.25) is 9.79 Å². The maximum atomic E-state index is 12.7. The molecule has 7 nitrogen and oxygen atoms in total. The summed E-state index contributed by atoms with van der Waals surface area (Å²) in [5.74, 6) is 0.907. The first-order valence-corrected chi connectivity index (χ1v) is 11.1. The van der Waals surface area contributed by atoms with Gasteiger partial charge in [0, 0.05) is 44.6 Å². The van der Waals surface area contributed by atoms with Crippen LogP contribution in [0.4, 0.5) is 5.69 Å². The summed E-state index contributed by atoms with van der Waals surface area (Å²) in [7, 11) is 1.76. The van der Waals surface area contributed by atoms with Gasteiger partial charge in [0.2, 0.25) is 5.91 Å². The van der Waals surface area contributed by atoms with Crippen molar-refractivity contribution in [3.8, 4) is 5.69 Å². The number of aliphatic imine (C=N–C) groups is 1. The molecular formula is C25H30N6O. The first kappa shape index (κ1) is 21.6. The van der Waals surface area contributed by atoms with E-state index in [4.69, 9.17) is 0 Å². The minimum absolute atomic E-state index is 0.0689. The Morgan fingerprint density at radius 2 is 2.06 bits per heavy atom. The number of nitrogens with one attached hydrogen (secondary N) is 2. The van der Waals surface area contributed by atoms with Gasteiger partial charge >= 0.3 is 0 Å². The van der Waals surface area contributed by atoms with E-state index in [1.165, 1.54) is 5.56 Å². The minimum Gasteiger partial charge on any atom is -0.356 e. The van der Waals surface area contributed by atoms with Crippen molar-refractivity contribution in [1.82, 2.24) is 20.4 Å². The van der Waals surface area contributed by atoms with Gasteiger partial charge in [-0.25, -0.2) is 4.68 Å². The molecule has 1 aliphatic heterocycles. The number of para-hydroxylation sites is 1. The van der Waals surface area contributed by atoms with Crippen LogP contribution in [0.15, 0.2) is 72.0 Å². The second-order valence-electron chi connectivity index (χ2n) is 7.94. The third-order valence-corrected chi connectivity index (χ3v) is 5.76. The summed E-state index contributed by atoms with van der Waals surface area (Å²) >= 11 is 0. The molecule has 0 bridgehead atoms. The fourth-order valence-corrected chi connectivity index (χ4v) is 4.02. The molecule has 166 valence electrons. The molecule has 2 heterocycles. The molecule has 1 aliphatic rings. The molecule has 1 atom stereocenters. The van der Waals surface area contributed by atoms with Crippen molar-refractivity contribution in [2.75, 3.05) is 25.0 Å². The molecule has 1 unspecified atom stereocenters. The summed E-state index contributed by atoms with van der Waals surface area (Å²) in [5.41, 5.74) is 4.48. The monoisotopic (exact) mass is 430 g/mol. The Bertz CT molecular complexity index is 1080. The lowest BCUT2D eigenvalue weighted by molar-refractivity contribution is -0.118. The smallest absolute Gasteiger partial charge is 0.227 e. The number of hydrogen-bond donors (Lipinski definition) is 2. The molecular weight excluding hydrogens is 400 g/mol. The molecule has 2 aromatic carbocycles.